The first kappa shape index (κ1) is 15.2. The molecule has 0 atom stereocenters. The third kappa shape index (κ3) is 3.54. The Hall–Kier alpha value is -2.73. The molecule has 0 saturated carbocycles. The highest BCUT2D eigenvalue weighted by Crippen LogP contribution is 2.22. The molecule has 5 nitrogen and oxygen atoms in total. The molecular weight excluding hydrogens is 312 g/mol. The summed E-state index contributed by atoms with van der Waals surface area (Å²) in [5, 5.41) is 15.1. The summed E-state index contributed by atoms with van der Waals surface area (Å²) in [4.78, 5) is 24.4. The van der Waals surface area contributed by atoms with Crippen LogP contribution in [0.2, 0.25) is 0 Å². The van der Waals surface area contributed by atoms with Crippen LogP contribution in [0.1, 0.15) is 11.1 Å². The van der Waals surface area contributed by atoms with E-state index in [1.165, 1.54) is 11.3 Å². The van der Waals surface area contributed by atoms with Gasteiger partial charge in [0.1, 0.15) is 12.2 Å². The predicted molar refractivity (Wildman–Crippen MR) is 88.7 cm³/mol. The molecule has 0 saturated heterocycles. The molecule has 116 valence electrons. The van der Waals surface area contributed by atoms with Gasteiger partial charge in [0.05, 0.1) is 4.88 Å². The molecule has 1 N–H and O–H groups in total. The van der Waals surface area contributed by atoms with Gasteiger partial charge in [-0.3, -0.25) is 9.59 Å². The molecule has 0 bridgehead atoms. The smallest absolute Gasteiger partial charge is 0.325 e. The molecule has 1 aromatic carbocycles. The van der Waals surface area contributed by atoms with E-state index in [1.807, 2.05) is 47.8 Å². The minimum Gasteiger partial charge on any atom is -0.480 e. The van der Waals surface area contributed by atoms with E-state index < -0.39 is 12.5 Å². The van der Waals surface area contributed by atoms with Crippen LogP contribution in [0.15, 0.2) is 58.7 Å². The molecular formula is C17H14N2O3S. The molecule has 3 rings (SSSR count). The molecule has 0 aliphatic carbocycles. The summed E-state index contributed by atoms with van der Waals surface area (Å²) in [6, 6.07) is 15.1. The van der Waals surface area contributed by atoms with Crippen molar-refractivity contribution in [3.63, 3.8) is 0 Å². The summed E-state index contributed by atoms with van der Waals surface area (Å²) in [6.45, 7) is -0.445. The molecule has 3 aromatic rings. The zero-order valence-electron chi connectivity index (χ0n) is 12.2. The van der Waals surface area contributed by atoms with Gasteiger partial charge in [0.25, 0.3) is 5.56 Å². The summed E-state index contributed by atoms with van der Waals surface area (Å²) in [5.41, 5.74) is 1.79. The number of carboxylic acids is 1. The average Bonchev–Trinajstić information content (AvgIpc) is 3.06. The van der Waals surface area contributed by atoms with Crippen LogP contribution < -0.4 is 5.56 Å². The molecule has 2 heterocycles. The van der Waals surface area contributed by atoms with Gasteiger partial charge in [-0.25, -0.2) is 4.68 Å². The minimum absolute atomic E-state index is 0.364. The number of rotatable bonds is 5. The fourth-order valence-corrected chi connectivity index (χ4v) is 3.00. The first-order valence-corrected chi connectivity index (χ1v) is 7.92. The number of thiophene rings is 1. The van der Waals surface area contributed by atoms with Crippen molar-refractivity contribution in [3.8, 4) is 10.6 Å². The normalized spacial score (nSPS) is 10.6. The Morgan fingerprint density at radius 2 is 1.96 bits per heavy atom. The van der Waals surface area contributed by atoms with Gasteiger partial charge in [-0.05, 0) is 23.1 Å². The zero-order valence-corrected chi connectivity index (χ0v) is 13.0. The summed E-state index contributed by atoms with van der Waals surface area (Å²) in [7, 11) is 0. The van der Waals surface area contributed by atoms with Gasteiger partial charge in [-0.2, -0.15) is 5.10 Å². The van der Waals surface area contributed by atoms with E-state index in [2.05, 4.69) is 5.10 Å². The summed E-state index contributed by atoms with van der Waals surface area (Å²) in [5.74, 6) is -1.09. The Morgan fingerprint density at radius 3 is 2.61 bits per heavy atom. The van der Waals surface area contributed by atoms with E-state index in [9.17, 15) is 9.59 Å². The van der Waals surface area contributed by atoms with Crippen molar-refractivity contribution in [2.45, 2.75) is 13.0 Å². The Kier molecular flexibility index (Phi) is 4.34. The number of hydrogen-bond acceptors (Lipinski definition) is 4. The van der Waals surface area contributed by atoms with Gasteiger partial charge in [0.2, 0.25) is 0 Å². The maximum Gasteiger partial charge on any atom is 0.325 e. The first-order valence-electron chi connectivity index (χ1n) is 7.04. The van der Waals surface area contributed by atoms with Crippen LogP contribution in [0, 0.1) is 0 Å². The van der Waals surface area contributed by atoms with Crippen molar-refractivity contribution < 1.29 is 9.90 Å². The third-order valence-electron chi connectivity index (χ3n) is 3.34. The Labute approximate surface area is 136 Å². The predicted octanol–water partition coefficient (Wildman–Crippen LogP) is 2.65. The van der Waals surface area contributed by atoms with Crippen molar-refractivity contribution in [2.75, 3.05) is 0 Å². The maximum absolute atomic E-state index is 12.5. The van der Waals surface area contributed by atoms with Crippen LogP contribution in [0.4, 0.5) is 0 Å². The van der Waals surface area contributed by atoms with Crippen LogP contribution in [-0.4, -0.2) is 20.9 Å². The lowest BCUT2D eigenvalue weighted by molar-refractivity contribution is -0.138. The van der Waals surface area contributed by atoms with E-state index in [1.54, 1.807) is 6.07 Å². The van der Waals surface area contributed by atoms with Crippen LogP contribution >= 0.6 is 11.3 Å². The van der Waals surface area contributed by atoms with E-state index in [-0.39, 0.29) is 5.56 Å². The van der Waals surface area contributed by atoms with Gasteiger partial charge in [-0.1, -0.05) is 36.4 Å². The Bertz CT molecular complexity index is 871. The number of nitrogens with zero attached hydrogens (tertiary/aromatic N) is 2. The fourth-order valence-electron chi connectivity index (χ4n) is 2.32. The molecule has 0 radical (unpaired) electrons. The molecule has 23 heavy (non-hydrogen) atoms. The fraction of sp³-hybridized carbons (Fsp3) is 0.118. The Balaban J connectivity index is 2.08. The number of aliphatic carboxylic acids is 1. The number of benzene rings is 1. The van der Waals surface area contributed by atoms with Gasteiger partial charge in [0, 0.05) is 12.0 Å². The number of carbonyl (C=O) groups is 1. The second kappa shape index (κ2) is 6.58. The third-order valence-corrected chi connectivity index (χ3v) is 4.24. The topological polar surface area (TPSA) is 72.2 Å². The van der Waals surface area contributed by atoms with E-state index in [4.69, 9.17) is 5.11 Å². The molecule has 0 unspecified atom stereocenters. The highest BCUT2D eigenvalue weighted by atomic mass is 32.1. The van der Waals surface area contributed by atoms with Gasteiger partial charge in [-0.15, -0.1) is 11.3 Å². The van der Waals surface area contributed by atoms with Gasteiger partial charge >= 0.3 is 5.97 Å². The van der Waals surface area contributed by atoms with Crippen molar-refractivity contribution >= 4 is 17.3 Å². The lowest BCUT2D eigenvalue weighted by Gasteiger charge is -2.08. The summed E-state index contributed by atoms with van der Waals surface area (Å²) < 4.78 is 1.02. The lowest BCUT2D eigenvalue weighted by Crippen LogP contribution is -2.29. The summed E-state index contributed by atoms with van der Waals surface area (Å²) in [6.07, 6.45) is 0.445. The van der Waals surface area contributed by atoms with Gasteiger partial charge in [0.15, 0.2) is 0 Å². The largest absolute Gasteiger partial charge is 0.480 e. The minimum atomic E-state index is -1.09. The van der Waals surface area contributed by atoms with Crippen molar-refractivity contribution in [1.29, 1.82) is 0 Å². The van der Waals surface area contributed by atoms with E-state index in [0.717, 1.165) is 15.1 Å². The second-order valence-electron chi connectivity index (χ2n) is 5.05. The monoisotopic (exact) mass is 326 g/mol. The number of carboxylic acid groups (broad SMARTS) is 1. The van der Waals surface area contributed by atoms with Gasteiger partial charge < -0.3 is 5.11 Å². The van der Waals surface area contributed by atoms with Crippen LogP contribution in [-0.2, 0) is 17.8 Å². The van der Waals surface area contributed by atoms with Crippen molar-refractivity contribution in [3.05, 3.63) is 75.4 Å². The summed E-state index contributed by atoms with van der Waals surface area (Å²) >= 11 is 1.50. The number of hydrogen-bond donors (Lipinski definition) is 1. The molecule has 0 aliphatic rings. The molecule has 0 spiro atoms. The van der Waals surface area contributed by atoms with E-state index >= 15 is 0 Å². The van der Waals surface area contributed by atoms with E-state index in [0.29, 0.717) is 17.7 Å². The first-order chi connectivity index (χ1) is 11.1. The average molecular weight is 326 g/mol. The number of aromatic nitrogens is 2. The van der Waals surface area contributed by atoms with Crippen LogP contribution in [0.5, 0.6) is 0 Å². The van der Waals surface area contributed by atoms with Crippen molar-refractivity contribution in [2.24, 2.45) is 0 Å². The van der Waals surface area contributed by atoms with Crippen LogP contribution in [0.25, 0.3) is 10.6 Å². The quantitative estimate of drug-likeness (QED) is 0.782. The second-order valence-corrected chi connectivity index (χ2v) is 6.00. The van der Waals surface area contributed by atoms with Crippen molar-refractivity contribution in [1.82, 2.24) is 9.78 Å². The molecule has 0 fully saturated rings. The molecule has 0 aliphatic heterocycles. The molecule has 2 aromatic heterocycles. The molecule has 6 heteroatoms. The SMILES string of the molecule is O=C(O)Cn1nc(-c2cccs2)cc(Cc2ccccc2)c1=O. The maximum atomic E-state index is 12.5. The standard InChI is InChI=1S/C17H14N2O3S/c20-16(21)11-19-17(22)13(9-12-5-2-1-3-6-12)10-14(18-19)15-7-4-8-23-15/h1-8,10H,9,11H2,(H,20,21). The molecule has 0 amide bonds. The highest BCUT2D eigenvalue weighted by molar-refractivity contribution is 7.13. The zero-order chi connectivity index (χ0) is 16.2. The van der Waals surface area contributed by atoms with Crippen LogP contribution in [0.3, 0.4) is 0 Å². The highest BCUT2D eigenvalue weighted by Gasteiger charge is 2.13. The lowest BCUT2D eigenvalue weighted by atomic mass is 10.1. The Morgan fingerprint density at radius 1 is 1.17 bits per heavy atom.